The lowest BCUT2D eigenvalue weighted by Crippen LogP contribution is -2.30. The molecule has 3 atom stereocenters. The van der Waals surface area contributed by atoms with E-state index >= 15 is 0 Å². The number of fused-ring (bicyclic) bond motifs is 1. The van der Waals surface area contributed by atoms with Crippen LogP contribution >= 0.6 is 12.4 Å². The van der Waals surface area contributed by atoms with E-state index in [0.29, 0.717) is 12.5 Å². The third kappa shape index (κ3) is 3.57. The number of ether oxygens (including phenoxy) is 1. The molecule has 1 aromatic heterocycles. The van der Waals surface area contributed by atoms with Gasteiger partial charge in [-0.2, -0.15) is 4.98 Å². The Labute approximate surface area is 148 Å². The summed E-state index contributed by atoms with van der Waals surface area (Å²) in [5, 5.41) is 7.85. The first-order valence-electron chi connectivity index (χ1n) is 8.53. The molecule has 0 spiro atoms. The second kappa shape index (κ2) is 7.53. The van der Waals surface area contributed by atoms with Crippen LogP contribution < -0.4 is 10.1 Å². The van der Waals surface area contributed by atoms with E-state index in [9.17, 15) is 0 Å². The number of methoxy groups -OCH3 is 1. The van der Waals surface area contributed by atoms with Crippen LogP contribution in [-0.4, -0.2) is 23.3 Å². The van der Waals surface area contributed by atoms with Crippen molar-refractivity contribution in [2.24, 2.45) is 5.92 Å². The largest absolute Gasteiger partial charge is 0.497 e. The molecule has 1 N–H and O–H groups in total. The van der Waals surface area contributed by atoms with Gasteiger partial charge in [0, 0.05) is 12.5 Å². The lowest BCUT2D eigenvalue weighted by atomic mass is 9.85. The molecule has 4 rings (SSSR count). The van der Waals surface area contributed by atoms with Gasteiger partial charge in [0.05, 0.1) is 13.2 Å². The molecule has 1 aliphatic carbocycles. The molecule has 2 aromatic rings. The van der Waals surface area contributed by atoms with Gasteiger partial charge in [0.2, 0.25) is 5.89 Å². The van der Waals surface area contributed by atoms with Crippen molar-refractivity contribution in [3.63, 3.8) is 0 Å². The van der Waals surface area contributed by atoms with E-state index in [4.69, 9.17) is 9.26 Å². The van der Waals surface area contributed by atoms with Crippen LogP contribution in [0.15, 0.2) is 28.8 Å². The number of halogens is 1. The fraction of sp³-hybridized carbons (Fsp3) is 0.556. The molecule has 1 aliphatic heterocycles. The predicted octanol–water partition coefficient (Wildman–Crippen LogP) is 3.68. The second-order valence-electron chi connectivity index (χ2n) is 6.68. The Hall–Kier alpha value is -1.59. The fourth-order valence-corrected chi connectivity index (χ4v) is 3.92. The molecular weight excluding hydrogens is 326 g/mol. The minimum Gasteiger partial charge on any atom is -0.497 e. The van der Waals surface area contributed by atoms with Crippen LogP contribution in [0.4, 0.5) is 0 Å². The van der Waals surface area contributed by atoms with Crippen LogP contribution in [0.3, 0.4) is 0 Å². The lowest BCUT2D eigenvalue weighted by Gasteiger charge is -2.24. The second-order valence-corrected chi connectivity index (χ2v) is 6.68. The number of aromatic nitrogens is 2. The van der Waals surface area contributed by atoms with Gasteiger partial charge in [0.15, 0.2) is 5.82 Å². The highest BCUT2D eigenvalue weighted by Crippen LogP contribution is 2.38. The quantitative estimate of drug-likeness (QED) is 0.912. The van der Waals surface area contributed by atoms with Gasteiger partial charge in [0.25, 0.3) is 0 Å². The third-order valence-electron chi connectivity index (χ3n) is 5.17. The number of hydrogen-bond donors (Lipinski definition) is 1. The van der Waals surface area contributed by atoms with E-state index in [1.165, 1.54) is 25.7 Å². The van der Waals surface area contributed by atoms with Crippen molar-refractivity contribution in [2.45, 2.75) is 50.6 Å². The summed E-state index contributed by atoms with van der Waals surface area (Å²) in [6, 6.07) is 8.87. The van der Waals surface area contributed by atoms with Crippen molar-refractivity contribution in [3.8, 4) is 5.75 Å². The van der Waals surface area contributed by atoms with Gasteiger partial charge in [-0.15, -0.1) is 12.4 Å². The zero-order chi connectivity index (χ0) is 15.6. The molecule has 0 amide bonds. The smallest absolute Gasteiger partial charge is 0.243 e. The van der Waals surface area contributed by atoms with Crippen LogP contribution in [0, 0.1) is 5.92 Å². The molecule has 2 aliphatic rings. The highest BCUT2D eigenvalue weighted by molar-refractivity contribution is 5.85. The summed E-state index contributed by atoms with van der Waals surface area (Å²) < 4.78 is 10.7. The maximum Gasteiger partial charge on any atom is 0.243 e. The van der Waals surface area contributed by atoms with Crippen LogP contribution in [0.2, 0.25) is 0 Å². The summed E-state index contributed by atoms with van der Waals surface area (Å²) in [6.45, 7) is 0. The Morgan fingerprint density at radius 2 is 2.00 bits per heavy atom. The Morgan fingerprint density at radius 1 is 1.21 bits per heavy atom. The number of nitrogens with zero attached hydrogens (tertiary/aromatic N) is 2. The SMILES string of the molecule is COc1ccc(Cc2noc(C3CC4CCCCC4N3)n2)cc1.Cl. The summed E-state index contributed by atoms with van der Waals surface area (Å²) >= 11 is 0. The van der Waals surface area contributed by atoms with Crippen molar-refractivity contribution in [1.29, 1.82) is 0 Å². The van der Waals surface area contributed by atoms with Gasteiger partial charge in [-0.3, -0.25) is 0 Å². The molecule has 2 heterocycles. The van der Waals surface area contributed by atoms with Crippen LogP contribution in [0.1, 0.15) is 55.4 Å². The number of benzene rings is 1. The summed E-state index contributed by atoms with van der Waals surface area (Å²) in [5.74, 6) is 3.15. The van der Waals surface area contributed by atoms with Crippen molar-refractivity contribution in [3.05, 3.63) is 41.5 Å². The lowest BCUT2D eigenvalue weighted by molar-refractivity contribution is 0.324. The molecule has 3 unspecified atom stereocenters. The molecule has 24 heavy (non-hydrogen) atoms. The topological polar surface area (TPSA) is 60.2 Å². The van der Waals surface area contributed by atoms with Crippen LogP contribution in [0.5, 0.6) is 5.75 Å². The summed E-state index contributed by atoms with van der Waals surface area (Å²) in [7, 11) is 1.67. The molecule has 6 heteroatoms. The van der Waals surface area contributed by atoms with Crippen molar-refractivity contribution >= 4 is 12.4 Å². The van der Waals surface area contributed by atoms with Gasteiger partial charge < -0.3 is 14.6 Å². The van der Waals surface area contributed by atoms with E-state index in [0.717, 1.165) is 35.4 Å². The Bertz CT molecular complexity index is 645. The van der Waals surface area contributed by atoms with Gasteiger partial charge in [-0.25, -0.2) is 0 Å². The molecule has 1 saturated heterocycles. The van der Waals surface area contributed by atoms with Gasteiger partial charge in [0.1, 0.15) is 5.75 Å². The van der Waals surface area contributed by atoms with Crippen molar-refractivity contribution in [1.82, 2.24) is 15.5 Å². The van der Waals surface area contributed by atoms with E-state index in [2.05, 4.69) is 15.5 Å². The molecule has 1 aromatic carbocycles. The van der Waals surface area contributed by atoms with E-state index in [-0.39, 0.29) is 18.4 Å². The van der Waals surface area contributed by atoms with Crippen LogP contribution in [0.25, 0.3) is 0 Å². The molecule has 5 nitrogen and oxygen atoms in total. The summed E-state index contributed by atoms with van der Waals surface area (Å²) in [6.07, 6.45) is 7.15. The van der Waals surface area contributed by atoms with E-state index in [1.807, 2.05) is 24.3 Å². The number of nitrogens with one attached hydrogen (secondary N) is 1. The zero-order valence-electron chi connectivity index (χ0n) is 13.9. The fourth-order valence-electron chi connectivity index (χ4n) is 3.92. The Morgan fingerprint density at radius 3 is 2.75 bits per heavy atom. The zero-order valence-corrected chi connectivity index (χ0v) is 14.7. The maximum absolute atomic E-state index is 5.52. The van der Waals surface area contributed by atoms with Crippen molar-refractivity contribution in [2.75, 3.05) is 7.11 Å². The number of rotatable bonds is 4. The average molecular weight is 350 g/mol. The van der Waals surface area contributed by atoms with E-state index < -0.39 is 0 Å². The van der Waals surface area contributed by atoms with Crippen molar-refractivity contribution < 1.29 is 9.26 Å². The molecular formula is C18H24ClN3O2. The monoisotopic (exact) mass is 349 g/mol. The summed E-state index contributed by atoms with van der Waals surface area (Å²) in [4.78, 5) is 4.62. The standard InChI is InChI=1S/C18H23N3O2.ClH/c1-22-14-8-6-12(7-9-14)10-17-20-18(23-21-17)16-11-13-4-2-3-5-15(13)19-16;/h6-9,13,15-16,19H,2-5,10-11H2,1H3;1H. The Balaban J connectivity index is 0.00000169. The average Bonchev–Trinajstić information content (AvgIpc) is 3.21. The van der Waals surface area contributed by atoms with E-state index in [1.54, 1.807) is 7.11 Å². The third-order valence-corrected chi connectivity index (χ3v) is 5.17. The highest BCUT2D eigenvalue weighted by Gasteiger charge is 2.38. The predicted molar refractivity (Wildman–Crippen MR) is 93.6 cm³/mol. The molecule has 130 valence electrons. The van der Waals surface area contributed by atoms with Crippen LogP contribution in [-0.2, 0) is 6.42 Å². The molecule has 0 bridgehead atoms. The van der Waals surface area contributed by atoms with Gasteiger partial charge in [-0.05, 0) is 42.9 Å². The first-order valence-corrected chi connectivity index (χ1v) is 8.53. The minimum absolute atomic E-state index is 0. The number of hydrogen-bond acceptors (Lipinski definition) is 5. The minimum atomic E-state index is 0. The molecule has 2 fully saturated rings. The highest BCUT2D eigenvalue weighted by atomic mass is 35.5. The molecule has 1 saturated carbocycles. The maximum atomic E-state index is 5.52. The first-order chi connectivity index (χ1) is 11.3. The van der Waals surface area contributed by atoms with Gasteiger partial charge >= 0.3 is 0 Å². The Kier molecular flexibility index (Phi) is 5.41. The normalized spacial score (nSPS) is 25.8. The van der Waals surface area contributed by atoms with Gasteiger partial charge in [-0.1, -0.05) is 30.1 Å². The molecule has 0 radical (unpaired) electrons. The first kappa shape index (κ1) is 17.2. The summed E-state index contributed by atoms with van der Waals surface area (Å²) in [5.41, 5.74) is 1.16.